The van der Waals surface area contributed by atoms with Crippen molar-refractivity contribution in [2.45, 2.75) is 109 Å². The first-order valence-corrected chi connectivity index (χ1v) is 12.8. The number of carboxylic acids is 1. The van der Waals surface area contributed by atoms with Crippen LogP contribution < -0.4 is 0 Å². The van der Waals surface area contributed by atoms with Gasteiger partial charge in [0.25, 0.3) is 0 Å². The summed E-state index contributed by atoms with van der Waals surface area (Å²) in [5.41, 5.74) is 0. The fourth-order valence-corrected chi connectivity index (χ4v) is 2.46. The zero-order valence-corrected chi connectivity index (χ0v) is 22.0. The van der Waals surface area contributed by atoms with Gasteiger partial charge in [-0.2, -0.15) is 0 Å². The average molecular weight is 528 g/mol. The number of aliphatic carboxylic acids is 1. The van der Waals surface area contributed by atoms with Crippen LogP contribution in [-0.4, -0.2) is 103 Å². The van der Waals surface area contributed by atoms with Crippen molar-refractivity contribution in [1.29, 1.82) is 0 Å². The number of aliphatic hydroxyl groups excluding tert-OH is 6. The van der Waals surface area contributed by atoms with Gasteiger partial charge in [0, 0.05) is 6.42 Å². The van der Waals surface area contributed by atoms with Gasteiger partial charge in [-0.1, -0.05) is 70.4 Å². The number of rotatable bonds is 19. The second kappa shape index (κ2) is 38.4. The van der Waals surface area contributed by atoms with Crippen molar-refractivity contribution in [1.82, 2.24) is 0 Å². The van der Waals surface area contributed by atoms with Crippen LogP contribution in [-0.2, 0) is 4.79 Å². The van der Waals surface area contributed by atoms with Crippen molar-refractivity contribution in [2.24, 2.45) is 0 Å². The van der Waals surface area contributed by atoms with Crippen LogP contribution in [0, 0.1) is 0 Å². The van der Waals surface area contributed by atoms with Gasteiger partial charge in [-0.25, -0.2) is 0 Å². The number of unbranched alkanes of at least 4 members (excludes halogenated alkanes) is 11. The molecule has 0 aliphatic carbocycles. The van der Waals surface area contributed by atoms with Gasteiger partial charge in [0.05, 0.1) is 26.4 Å². The third kappa shape index (κ3) is 58.6. The maximum Gasteiger partial charge on any atom is 0.631 e. The van der Waals surface area contributed by atoms with Crippen molar-refractivity contribution in [3.05, 3.63) is 12.2 Å². The highest BCUT2D eigenvalue weighted by atomic mass is 16.5. The first-order chi connectivity index (χ1) is 17.1. The lowest BCUT2D eigenvalue weighted by Crippen LogP contribution is -2.15. The first kappa shape index (κ1) is 42.0. The van der Waals surface area contributed by atoms with E-state index in [0.717, 1.165) is 12.8 Å². The molecule has 0 unspecified atom stereocenters. The van der Waals surface area contributed by atoms with Gasteiger partial charge < -0.3 is 50.8 Å². The Morgan fingerprint density at radius 3 is 1.22 bits per heavy atom. The highest BCUT2D eigenvalue weighted by Gasteiger charge is 1.96. The molecule has 0 saturated carbocycles. The van der Waals surface area contributed by atoms with Crippen LogP contribution in [0.4, 0.5) is 0 Å². The molecule has 0 spiro atoms. The smallest absolute Gasteiger partial charge is 0.481 e. The van der Waals surface area contributed by atoms with Crippen LogP contribution in [0.5, 0.6) is 0 Å². The lowest BCUT2D eigenvalue weighted by molar-refractivity contribution is -0.137. The molecule has 0 radical (unpaired) electrons. The Kier molecular flexibility index (Phi) is 44.9. The highest BCUT2D eigenvalue weighted by Crippen LogP contribution is 2.09. The lowest BCUT2D eigenvalue weighted by Gasteiger charge is -1.99. The zero-order chi connectivity index (χ0) is 28.5. The average Bonchev–Trinajstić information content (AvgIpc) is 2.85. The SMILES string of the molecule is CCCCCCCCC=CCCCCCCCC(=O)O.OB(O)O.OCC(O)CO.OCC(O)CO. The normalized spacial score (nSPS) is 10.3. The Balaban J connectivity index is -0.000000258. The Morgan fingerprint density at radius 2 is 0.944 bits per heavy atom. The minimum Gasteiger partial charge on any atom is -0.481 e. The summed E-state index contributed by atoms with van der Waals surface area (Å²) >= 11 is 0. The van der Waals surface area contributed by atoms with E-state index in [0.29, 0.717) is 6.42 Å². The summed E-state index contributed by atoms with van der Waals surface area (Å²) < 4.78 is 0. The van der Waals surface area contributed by atoms with Crippen LogP contribution in [0.15, 0.2) is 12.2 Å². The van der Waals surface area contributed by atoms with E-state index in [9.17, 15) is 4.79 Å². The first-order valence-electron chi connectivity index (χ1n) is 12.8. The number of hydrogen-bond donors (Lipinski definition) is 10. The minimum atomic E-state index is -2.17. The van der Waals surface area contributed by atoms with Gasteiger partial charge in [0.15, 0.2) is 0 Å². The summed E-state index contributed by atoms with van der Waals surface area (Å²) in [6, 6.07) is 0. The largest absolute Gasteiger partial charge is 0.631 e. The molecule has 36 heavy (non-hydrogen) atoms. The topological polar surface area (TPSA) is 219 Å². The molecule has 0 aromatic rings. The zero-order valence-electron chi connectivity index (χ0n) is 22.0. The van der Waals surface area contributed by atoms with E-state index >= 15 is 0 Å². The van der Waals surface area contributed by atoms with E-state index in [1.165, 1.54) is 70.6 Å². The lowest BCUT2D eigenvalue weighted by atomic mass is 10.1. The van der Waals surface area contributed by atoms with Gasteiger partial charge in [0.2, 0.25) is 0 Å². The number of carboxylic acid groups (broad SMARTS) is 1. The molecule has 0 atom stereocenters. The molecule has 0 heterocycles. The van der Waals surface area contributed by atoms with Gasteiger partial charge in [-0.3, -0.25) is 4.79 Å². The van der Waals surface area contributed by atoms with Crippen molar-refractivity contribution in [3.63, 3.8) is 0 Å². The van der Waals surface area contributed by atoms with E-state index in [2.05, 4.69) is 19.1 Å². The third-order valence-corrected chi connectivity index (χ3v) is 4.50. The van der Waals surface area contributed by atoms with Crippen molar-refractivity contribution < 1.29 is 55.6 Å². The number of hydrogen-bond acceptors (Lipinski definition) is 10. The van der Waals surface area contributed by atoms with E-state index < -0.39 is 25.5 Å². The van der Waals surface area contributed by atoms with E-state index in [-0.39, 0.29) is 26.4 Å². The van der Waals surface area contributed by atoms with E-state index in [1.54, 1.807) is 0 Å². The molecule has 11 nitrogen and oxygen atoms in total. The molecule has 0 aliphatic heterocycles. The van der Waals surface area contributed by atoms with Crippen LogP contribution in [0.3, 0.4) is 0 Å². The summed E-state index contributed by atoms with van der Waals surface area (Å²) in [5, 5.41) is 78.0. The predicted molar refractivity (Wildman–Crippen MR) is 140 cm³/mol. The van der Waals surface area contributed by atoms with Crippen LogP contribution >= 0.6 is 0 Å². The van der Waals surface area contributed by atoms with Crippen LogP contribution in [0.2, 0.25) is 0 Å². The second-order valence-electron chi connectivity index (χ2n) is 8.11. The molecule has 0 bridgehead atoms. The monoisotopic (exact) mass is 528 g/mol. The van der Waals surface area contributed by atoms with Crippen molar-refractivity contribution in [2.75, 3.05) is 26.4 Å². The minimum absolute atomic E-state index is 0.332. The molecule has 218 valence electrons. The van der Waals surface area contributed by atoms with Gasteiger partial charge >= 0.3 is 13.3 Å². The second-order valence-corrected chi connectivity index (χ2v) is 8.11. The fraction of sp³-hybridized carbons (Fsp3) is 0.875. The Hall–Kier alpha value is -1.09. The number of aliphatic hydroxyl groups is 6. The maximum absolute atomic E-state index is 10.3. The van der Waals surface area contributed by atoms with Gasteiger partial charge in [-0.05, 0) is 32.1 Å². The quantitative estimate of drug-likeness (QED) is 0.0639. The molecule has 0 fully saturated rings. The Labute approximate surface area is 216 Å². The summed E-state index contributed by atoms with van der Waals surface area (Å²) in [7, 11) is -2.17. The Bertz CT molecular complexity index is 406. The predicted octanol–water partition coefficient (Wildman–Crippen LogP) is 0.720. The molecule has 0 amide bonds. The molecule has 10 N–H and O–H groups in total. The Morgan fingerprint density at radius 1 is 0.639 bits per heavy atom. The van der Waals surface area contributed by atoms with Gasteiger partial charge in [0.1, 0.15) is 12.2 Å². The summed E-state index contributed by atoms with van der Waals surface area (Å²) in [5.74, 6) is -0.664. The highest BCUT2D eigenvalue weighted by molar-refractivity contribution is 6.30. The van der Waals surface area contributed by atoms with Crippen LogP contribution in [0.25, 0.3) is 0 Å². The molecule has 12 heteroatoms. The number of allylic oxidation sites excluding steroid dienone is 2. The molecule has 0 aliphatic rings. The van der Waals surface area contributed by atoms with E-state index in [4.69, 9.17) is 50.8 Å². The molecule has 0 saturated heterocycles. The molecule has 0 rings (SSSR count). The summed E-state index contributed by atoms with van der Waals surface area (Å²) in [6.45, 7) is 0.800. The van der Waals surface area contributed by atoms with Crippen molar-refractivity contribution >= 4 is 13.3 Å². The molecule has 0 aromatic carbocycles. The third-order valence-electron chi connectivity index (χ3n) is 4.50. The van der Waals surface area contributed by atoms with Gasteiger partial charge in [-0.15, -0.1) is 0 Å². The molecular weight excluding hydrogens is 475 g/mol. The van der Waals surface area contributed by atoms with Crippen molar-refractivity contribution in [3.8, 4) is 0 Å². The summed E-state index contributed by atoms with van der Waals surface area (Å²) in [6.07, 6.45) is 19.3. The van der Waals surface area contributed by atoms with Crippen LogP contribution in [0.1, 0.15) is 96.8 Å². The van der Waals surface area contributed by atoms with E-state index in [1.807, 2.05) is 0 Å². The molecule has 0 aromatic heterocycles. The maximum atomic E-state index is 10.3. The standard InChI is InChI=1S/C18H34O2.2C3H8O3.BH3O3/c1-2-3-4-5-6-7-8-9-10-11-12-13-14-15-16-17-18(19)20;2*4-1-3(6)2-5;2-1(3)4/h9-10H,2-8,11-17H2,1H3,(H,19,20);2*3-6H,1-2H2;2-4H. The number of carbonyl (C=O) groups is 1. The summed E-state index contributed by atoms with van der Waals surface area (Å²) in [4.78, 5) is 10.3. The fourth-order valence-electron chi connectivity index (χ4n) is 2.46. The molecular formula is C24H53BO11.